The van der Waals surface area contributed by atoms with Crippen LogP contribution in [0.25, 0.3) is 0 Å². The van der Waals surface area contributed by atoms with E-state index in [2.05, 4.69) is 4.99 Å². The van der Waals surface area contributed by atoms with Gasteiger partial charge in [-0.3, -0.25) is 14.4 Å². The molecule has 0 radical (unpaired) electrons. The first-order valence-corrected chi connectivity index (χ1v) is 10.1. The van der Waals surface area contributed by atoms with Crippen molar-refractivity contribution < 1.29 is 22.7 Å². The van der Waals surface area contributed by atoms with Gasteiger partial charge >= 0.3 is 0 Å². The first kappa shape index (κ1) is 20.7. The summed E-state index contributed by atoms with van der Waals surface area (Å²) >= 11 is 0. The average molecular weight is 392 g/mol. The van der Waals surface area contributed by atoms with Gasteiger partial charge in [0.05, 0.1) is 24.9 Å². The number of carbonyl (C=O) groups excluding carboxylic acids is 1. The van der Waals surface area contributed by atoms with Crippen molar-refractivity contribution in [2.75, 3.05) is 20.0 Å². The summed E-state index contributed by atoms with van der Waals surface area (Å²) in [7, 11) is -0.749. The lowest BCUT2D eigenvalue weighted by atomic mass is 10.3. The van der Waals surface area contributed by atoms with E-state index < -0.39 is 9.84 Å². The van der Waals surface area contributed by atoms with Crippen molar-refractivity contribution in [3.63, 3.8) is 0 Å². The quantitative estimate of drug-likeness (QED) is 0.722. The van der Waals surface area contributed by atoms with Crippen LogP contribution < -0.4 is 15.0 Å². The Bertz CT molecular complexity index is 978. The van der Waals surface area contributed by atoms with Gasteiger partial charge in [0.1, 0.15) is 5.49 Å². The van der Waals surface area contributed by atoms with E-state index in [0.29, 0.717) is 17.0 Å². The normalized spacial score (nSPS) is 12.3. The number of ether oxygens (including phenoxy) is 2. The monoisotopic (exact) mass is 392 g/mol. The van der Waals surface area contributed by atoms with Crippen LogP contribution in [-0.4, -0.2) is 44.9 Å². The summed E-state index contributed by atoms with van der Waals surface area (Å²) in [5, 5.41) is 0. The molecule has 7 nitrogen and oxygen atoms in total. The van der Waals surface area contributed by atoms with Crippen molar-refractivity contribution in [2.24, 2.45) is 4.99 Å². The highest BCUT2D eigenvalue weighted by molar-refractivity contribution is 7.91. The Balaban J connectivity index is 2.22. The molecule has 0 aliphatic rings. The Labute approximate surface area is 159 Å². The molecule has 27 heavy (non-hydrogen) atoms. The minimum atomic E-state index is -3.66. The molecular formula is C19H24N2O5S. The van der Waals surface area contributed by atoms with Gasteiger partial charge in [-0.05, 0) is 38.1 Å². The van der Waals surface area contributed by atoms with Gasteiger partial charge in [-0.25, -0.2) is 8.42 Å². The van der Waals surface area contributed by atoms with E-state index in [1.54, 1.807) is 24.4 Å². The van der Waals surface area contributed by atoms with E-state index in [-0.39, 0.29) is 29.0 Å². The van der Waals surface area contributed by atoms with Gasteiger partial charge in [0.15, 0.2) is 21.3 Å². The maximum absolute atomic E-state index is 12.6. The summed E-state index contributed by atoms with van der Waals surface area (Å²) in [6, 6.07) is 9.59. The number of carbonyl (C=O) groups is 1. The number of nitrogens with zero attached hydrogens (tertiary/aromatic N) is 2. The molecule has 1 aromatic heterocycles. The van der Waals surface area contributed by atoms with Crippen LogP contribution in [-0.2, 0) is 9.84 Å². The van der Waals surface area contributed by atoms with Crippen molar-refractivity contribution >= 4 is 15.7 Å². The average Bonchev–Trinajstić information content (AvgIpc) is 2.65. The SMILES string of the molecule is COc1ccc(S(=O)(=O)CCC(=O)n2ccccc2=NC(C)C)cc1OC. The number of aromatic nitrogens is 1. The maximum atomic E-state index is 12.6. The lowest BCUT2D eigenvalue weighted by Crippen LogP contribution is -2.28. The predicted molar refractivity (Wildman–Crippen MR) is 102 cm³/mol. The summed E-state index contributed by atoms with van der Waals surface area (Å²) in [6.45, 7) is 3.81. The zero-order valence-corrected chi connectivity index (χ0v) is 16.7. The summed E-state index contributed by atoms with van der Waals surface area (Å²) in [6.07, 6.45) is 1.43. The van der Waals surface area contributed by atoms with Crippen molar-refractivity contribution in [3.8, 4) is 11.5 Å². The third-order valence-corrected chi connectivity index (χ3v) is 5.51. The molecule has 0 atom stereocenters. The first-order valence-electron chi connectivity index (χ1n) is 8.48. The molecule has 0 aliphatic carbocycles. The molecule has 0 saturated heterocycles. The van der Waals surface area contributed by atoms with Gasteiger partial charge in [0.2, 0.25) is 5.91 Å². The van der Waals surface area contributed by atoms with Crippen LogP contribution in [0.3, 0.4) is 0 Å². The molecule has 8 heteroatoms. The number of methoxy groups -OCH3 is 2. The van der Waals surface area contributed by atoms with Crippen molar-refractivity contribution in [1.82, 2.24) is 4.57 Å². The Morgan fingerprint density at radius 3 is 2.44 bits per heavy atom. The Hall–Kier alpha value is -2.61. The van der Waals surface area contributed by atoms with E-state index in [1.807, 2.05) is 13.8 Å². The predicted octanol–water partition coefficient (Wildman–Crippen LogP) is 2.32. The fourth-order valence-electron chi connectivity index (χ4n) is 2.48. The highest BCUT2D eigenvalue weighted by Gasteiger charge is 2.19. The van der Waals surface area contributed by atoms with Crippen LogP contribution in [0.2, 0.25) is 0 Å². The molecule has 0 spiro atoms. The van der Waals surface area contributed by atoms with Crippen LogP contribution in [0.1, 0.15) is 25.1 Å². The molecule has 2 aromatic rings. The fourth-order valence-corrected chi connectivity index (χ4v) is 3.73. The number of hydrogen-bond acceptors (Lipinski definition) is 6. The van der Waals surface area contributed by atoms with Crippen LogP contribution in [0.4, 0.5) is 0 Å². The second-order valence-corrected chi connectivity index (χ2v) is 8.24. The number of benzene rings is 1. The van der Waals surface area contributed by atoms with Gasteiger partial charge in [0.25, 0.3) is 0 Å². The van der Waals surface area contributed by atoms with Gasteiger partial charge in [-0.1, -0.05) is 6.07 Å². The van der Waals surface area contributed by atoms with Crippen LogP contribution >= 0.6 is 0 Å². The van der Waals surface area contributed by atoms with Gasteiger partial charge in [-0.15, -0.1) is 0 Å². The molecular weight excluding hydrogens is 368 g/mol. The summed E-state index contributed by atoms with van der Waals surface area (Å²) in [5.41, 5.74) is 0.501. The van der Waals surface area contributed by atoms with Crippen LogP contribution in [0, 0.1) is 0 Å². The Morgan fingerprint density at radius 1 is 1.11 bits per heavy atom. The second kappa shape index (κ2) is 8.85. The standard InChI is InChI=1S/C19H24N2O5S/c1-14(2)20-18-7-5-6-11-21(18)19(22)10-12-27(23,24)15-8-9-16(25-3)17(13-15)26-4/h5-9,11,13-14H,10,12H2,1-4H3. The summed E-state index contributed by atoms with van der Waals surface area (Å²) in [5.74, 6) is 0.108. The molecule has 0 aliphatic heterocycles. The molecule has 146 valence electrons. The zero-order chi connectivity index (χ0) is 20.0. The molecule has 0 bridgehead atoms. The van der Waals surface area contributed by atoms with Gasteiger partial charge in [0, 0.05) is 24.7 Å². The molecule has 0 fully saturated rings. The minimum Gasteiger partial charge on any atom is -0.493 e. The lowest BCUT2D eigenvalue weighted by Gasteiger charge is -2.11. The molecule has 2 rings (SSSR count). The third-order valence-electron chi connectivity index (χ3n) is 3.80. The third kappa shape index (κ3) is 5.19. The first-order chi connectivity index (χ1) is 12.8. The van der Waals surface area contributed by atoms with Gasteiger partial charge in [-0.2, -0.15) is 0 Å². The maximum Gasteiger partial charge on any atom is 0.233 e. The van der Waals surface area contributed by atoms with E-state index in [1.165, 1.54) is 37.0 Å². The highest BCUT2D eigenvalue weighted by Crippen LogP contribution is 2.29. The van der Waals surface area contributed by atoms with Crippen molar-refractivity contribution in [3.05, 3.63) is 48.1 Å². The van der Waals surface area contributed by atoms with Crippen molar-refractivity contribution in [2.45, 2.75) is 31.2 Å². The molecule has 0 saturated carbocycles. The fraction of sp³-hybridized carbons (Fsp3) is 0.368. The van der Waals surface area contributed by atoms with Crippen LogP contribution in [0.15, 0.2) is 52.5 Å². The highest BCUT2D eigenvalue weighted by atomic mass is 32.2. The second-order valence-electron chi connectivity index (χ2n) is 6.13. The summed E-state index contributed by atoms with van der Waals surface area (Å²) in [4.78, 5) is 17.0. The smallest absolute Gasteiger partial charge is 0.233 e. The van der Waals surface area contributed by atoms with Crippen LogP contribution in [0.5, 0.6) is 11.5 Å². The molecule has 1 aromatic carbocycles. The number of hydrogen-bond donors (Lipinski definition) is 0. The van der Waals surface area contributed by atoms with E-state index in [9.17, 15) is 13.2 Å². The molecule has 0 N–H and O–H groups in total. The number of pyridine rings is 1. The molecule has 1 heterocycles. The Kier molecular flexibility index (Phi) is 6.79. The Morgan fingerprint density at radius 2 is 1.81 bits per heavy atom. The topological polar surface area (TPSA) is 87.0 Å². The van der Waals surface area contributed by atoms with E-state index in [0.717, 1.165) is 0 Å². The number of rotatable bonds is 7. The van der Waals surface area contributed by atoms with Gasteiger partial charge < -0.3 is 9.47 Å². The minimum absolute atomic E-state index is 0.0157. The molecule has 0 amide bonds. The largest absolute Gasteiger partial charge is 0.493 e. The lowest BCUT2D eigenvalue weighted by molar-refractivity contribution is 0.0904. The zero-order valence-electron chi connectivity index (χ0n) is 15.9. The summed E-state index contributed by atoms with van der Waals surface area (Å²) < 4.78 is 36.9. The number of sulfone groups is 1. The molecule has 0 unspecified atom stereocenters. The van der Waals surface area contributed by atoms with E-state index >= 15 is 0 Å². The van der Waals surface area contributed by atoms with Crippen molar-refractivity contribution in [1.29, 1.82) is 0 Å². The van der Waals surface area contributed by atoms with E-state index in [4.69, 9.17) is 9.47 Å².